The molecule has 3 rings (SSSR count). The standard InChI is InChI=1S/C17H20ClN3/c18-17-6-2-1-5-16(17)14-21-10-8-20(9-11-21)13-15-4-3-7-19-12-15/h1-7,12H,8-11,13-14H2/p+2. The Bertz CT molecular complexity index is 565. The second-order valence-corrected chi connectivity index (χ2v) is 6.21. The number of quaternary nitrogens is 2. The Morgan fingerprint density at radius 1 is 0.905 bits per heavy atom. The molecule has 1 aliphatic rings. The van der Waals surface area contributed by atoms with Gasteiger partial charge in [-0.15, -0.1) is 0 Å². The number of piperazine rings is 1. The van der Waals surface area contributed by atoms with E-state index in [9.17, 15) is 0 Å². The molecule has 0 amide bonds. The number of nitrogens with one attached hydrogen (secondary N) is 2. The highest BCUT2D eigenvalue weighted by molar-refractivity contribution is 6.31. The highest BCUT2D eigenvalue weighted by atomic mass is 35.5. The van der Waals surface area contributed by atoms with Crippen LogP contribution in [0, 0.1) is 0 Å². The third kappa shape index (κ3) is 4.03. The summed E-state index contributed by atoms with van der Waals surface area (Å²) in [7, 11) is 0. The molecule has 0 atom stereocenters. The van der Waals surface area contributed by atoms with Gasteiger partial charge in [-0.3, -0.25) is 4.98 Å². The van der Waals surface area contributed by atoms with Crippen LogP contribution in [0.1, 0.15) is 11.1 Å². The van der Waals surface area contributed by atoms with Crippen molar-refractivity contribution in [2.24, 2.45) is 0 Å². The molecule has 1 fully saturated rings. The van der Waals surface area contributed by atoms with Gasteiger partial charge in [0.15, 0.2) is 0 Å². The molecule has 0 unspecified atom stereocenters. The molecule has 1 aliphatic heterocycles. The fourth-order valence-corrected chi connectivity index (χ4v) is 3.22. The molecule has 1 aromatic carbocycles. The second kappa shape index (κ2) is 7.03. The fraction of sp³-hybridized carbons (Fsp3) is 0.353. The summed E-state index contributed by atoms with van der Waals surface area (Å²) in [6.45, 7) is 6.98. The van der Waals surface area contributed by atoms with Gasteiger partial charge in [0.05, 0.1) is 0 Å². The Hall–Kier alpha value is -1.42. The van der Waals surface area contributed by atoms with Crippen LogP contribution in [0.15, 0.2) is 48.8 Å². The number of pyridine rings is 1. The van der Waals surface area contributed by atoms with Crippen molar-refractivity contribution in [1.82, 2.24) is 4.98 Å². The number of nitrogens with zero attached hydrogens (tertiary/aromatic N) is 1. The highest BCUT2D eigenvalue weighted by Gasteiger charge is 2.23. The van der Waals surface area contributed by atoms with Gasteiger partial charge in [0.25, 0.3) is 0 Å². The number of halogens is 1. The zero-order valence-corrected chi connectivity index (χ0v) is 12.9. The van der Waals surface area contributed by atoms with Crippen LogP contribution >= 0.6 is 11.6 Å². The Labute approximate surface area is 131 Å². The van der Waals surface area contributed by atoms with Gasteiger partial charge < -0.3 is 9.80 Å². The number of rotatable bonds is 4. The third-order valence-corrected chi connectivity index (χ3v) is 4.61. The summed E-state index contributed by atoms with van der Waals surface area (Å²) in [5.74, 6) is 0. The third-order valence-electron chi connectivity index (χ3n) is 4.24. The summed E-state index contributed by atoms with van der Waals surface area (Å²) in [6, 6.07) is 12.4. The van der Waals surface area contributed by atoms with Crippen molar-refractivity contribution in [3.63, 3.8) is 0 Å². The quantitative estimate of drug-likeness (QED) is 0.829. The molecule has 4 heteroatoms. The van der Waals surface area contributed by atoms with Gasteiger partial charge in [0, 0.05) is 28.5 Å². The molecule has 0 saturated carbocycles. The van der Waals surface area contributed by atoms with Gasteiger partial charge in [0.2, 0.25) is 0 Å². The van der Waals surface area contributed by atoms with E-state index in [1.807, 2.05) is 30.6 Å². The maximum absolute atomic E-state index is 6.25. The maximum atomic E-state index is 6.25. The fourth-order valence-electron chi connectivity index (χ4n) is 3.01. The summed E-state index contributed by atoms with van der Waals surface area (Å²) in [4.78, 5) is 7.49. The Kier molecular flexibility index (Phi) is 4.86. The van der Waals surface area contributed by atoms with Crippen LogP contribution in [0.3, 0.4) is 0 Å². The van der Waals surface area contributed by atoms with E-state index in [2.05, 4.69) is 23.2 Å². The molecule has 2 heterocycles. The van der Waals surface area contributed by atoms with E-state index in [4.69, 9.17) is 11.6 Å². The zero-order chi connectivity index (χ0) is 14.5. The Morgan fingerprint density at radius 2 is 1.62 bits per heavy atom. The van der Waals surface area contributed by atoms with Gasteiger partial charge in [-0.2, -0.15) is 0 Å². The molecule has 0 aliphatic carbocycles. The summed E-state index contributed by atoms with van der Waals surface area (Å²) in [5, 5.41) is 0.898. The van der Waals surface area contributed by atoms with E-state index in [0.717, 1.165) is 18.1 Å². The molecule has 0 radical (unpaired) electrons. The normalized spacial score (nSPS) is 22.1. The minimum Gasteiger partial charge on any atom is -0.322 e. The monoisotopic (exact) mass is 303 g/mol. The lowest BCUT2D eigenvalue weighted by Gasteiger charge is -2.29. The van der Waals surface area contributed by atoms with Gasteiger partial charge in [-0.25, -0.2) is 0 Å². The Morgan fingerprint density at radius 3 is 2.29 bits per heavy atom. The predicted molar refractivity (Wildman–Crippen MR) is 84.5 cm³/mol. The first-order valence-electron chi connectivity index (χ1n) is 7.61. The van der Waals surface area contributed by atoms with E-state index in [-0.39, 0.29) is 0 Å². The van der Waals surface area contributed by atoms with Crippen molar-refractivity contribution in [1.29, 1.82) is 0 Å². The maximum Gasteiger partial charge on any atom is 0.127 e. The van der Waals surface area contributed by atoms with Crippen LogP contribution in [0.25, 0.3) is 0 Å². The zero-order valence-electron chi connectivity index (χ0n) is 12.2. The summed E-state index contributed by atoms with van der Waals surface area (Å²) in [5.41, 5.74) is 2.60. The first kappa shape index (κ1) is 14.5. The molecule has 1 saturated heterocycles. The van der Waals surface area contributed by atoms with Crippen LogP contribution in [0.4, 0.5) is 0 Å². The number of hydrogen-bond donors (Lipinski definition) is 2. The van der Waals surface area contributed by atoms with Crippen LogP contribution in [-0.4, -0.2) is 31.2 Å². The highest BCUT2D eigenvalue weighted by Crippen LogP contribution is 2.13. The molecule has 1 aromatic heterocycles. The lowest BCUT2D eigenvalue weighted by Crippen LogP contribution is -3.27. The summed E-state index contributed by atoms with van der Waals surface area (Å²) in [6.07, 6.45) is 3.82. The number of hydrogen-bond acceptors (Lipinski definition) is 1. The lowest BCUT2D eigenvalue weighted by atomic mass is 10.2. The van der Waals surface area contributed by atoms with Crippen LogP contribution in [0.5, 0.6) is 0 Å². The van der Waals surface area contributed by atoms with Gasteiger partial charge >= 0.3 is 0 Å². The largest absolute Gasteiger partial charge is 0.322 e. The smallest absolute Gasteiger partial charge is 0.127 e. The molecule has 2 N–H and O–H groups in total. The molecule has 21 heavy (non-hydrogen) atoms. The van der Waals surface area contributed by atoms with E-state index in [0.29, 0.717) is 0 Å². The van der Waals surface area contributed by atoms with Crippen molar-refractivity contribution in [2.45, 2.75) is 13.1 Å². The van der Waals surface area contributed by atoms with Crippen molar-refractivity contribution < 1.29 is 9.80 Å². The van der Waals surface area contributed by atoms with Gasteiger partial charge in [-0.05, 0) is 12.1 Å². The SMILES string of the molecule is Clc1ccccc1C[NH+]1CC[NH+](Cc2cccnc2)CC1. The van der Waals surface area contributed by atoms with E-state index in [1.54, 1.807) is 9.80 Å². The van der Waals surface area contributed by atoms with Crippen LogP contribution < -0.4 is 9.80 Å². The molecular formula is C17H22ClN3+2. The molecular weight excluding hydrogens is 282 g/mol. The van der Waals surface area contributed by atoms with E-state index >= 15 is 0 Å². The number of aromatic nitrogens is 1. The molecule has 0 spiro atoms. The minimum atomic E-state index is 0.898. The van der Waals surface area contributed by atoms with Gasteiger partial charge in [-0.1, -0.05) is 35.9 Å². The van der Waals surface area contributed by atoms with Crippen LogP contribution in [0.2, 0.25) is 5.02 Å². The number of benzene rings is 1. The topological polar surface area (TPSA) is 21.8 Å². The molecule has 0 bridgehead atoms. The van der Waals surface area contributed by atoms with Crippen molar-refractivity contribution in [3.05, 3.63) is 64.9 Å². The van der Waals surface area contributed by atoms with E-state index < -0.39 is 0 Å². The predicted octanol–water partition coefficient (Wildman–Crippen LogP) is 0.219. The molecule has 110 valence electrons. The summed E-state index contributed by atoms with van der Waals surface area (Å²) < 4.78 is 0. The minimum absolute atomic E-state index is 0.898. The molecule has 3 nitrogen and oxygen atoms in total. The van der Waals surface area contributed by atoms with E-state index in [1.165, 1.54) is 37.3 Å². The van der Waals surface area contributed by atoms with Crippen molar-refractivity contribution in [3.8, 4) is 0 Å². The van der Waals surface area contributed by atoms with Crippen LogP contribution in [-0.2, 0) is 13.1 Å². The second-order valence-electron chi connectivity index (χ2n) is 5.81. The van der Waals surface area contributed by atoms with Gasteiger partial charge in [0.1, 0.15) is 39.3 Å². The summed E-state index contributed by atoms with van der Waals surface area (Å²) >= 11 is 6.25. The van der Waals surface area contributed by atoms with Crippen molar-refractivity contribution in [2.75, 3.05) is 26.2 Å². The lowest BCUT2D eigenvalue weighted by molar-refractivity contribution is -1.02. The molecule has 2 aromatic rings. The first-order chi connectivity index (χ1) is 10.3. The Balaban J connectivity index is 1.50. The average molecular weight is 304 g/mol. The first-order valence-corrected chi connectivity index (χ1v) is 7.98. The van der Waals surface area contributed by atoms with Crippen molar-refractivity contribution >= 4 is 11.6 Å². The average Bonchev–Trinajstić information content (AvgIpc) is 2.52.